The third-order valence-electron chi connectivity index (χ3n) is 4.60. The number of nitriles is 1. The van der Waals surface area contributed by atoms with Crippen molar-refractivity contribution in [1.82, 2.24) is 5.01 Å². The van der Waals surface area contributed by atoms with Crippen LogP contribution in [0.15, 0.2) is 5.10 Å². The number of sulfone groups is 1. The minimum atomic E-state index is -3.16. The van der Waals surface area contributed by atoms with Crippen LogP contribution in [0.3, 0.4) is 0 Å². The minimum absolute atomic E-state index is 0.0256. The number of anilines is 1. The van der Waals surface area contributed by atoms with Gasteiger partial charge in [0.25, 0.3) is 5.91 Å². The lowest BCUT2D eigenvalue weighted by Gasteiger charge is -2.27. The molecule has 0 saturated carbocycles. The second-order valence-corrected chi connectivity index (χ2v) is 9.85. The van der Waals surface area contributed by atoms with Gasteiger partial charge >= 0.3 is 0 Å². The van der Waals surface area contributed by atoms with Crippen LogP contribution in [0.2, 0.25) is 0 Å². The second kappa shape index (κ2) is 6.81. The topological polar surface area (TPSA) is 120 Å². The maximum Gasteiger partial charge on any atom is 0.272 e. The molecule has 0 aromatic carbocycles. The number of rotatable bonds is 3. The normalized spacial score (nSPS) is 22.0. The zero-order chi connectivity index (χ0) is 19.1. The monoisotopic (exact) mass is 394 g/mol. The predicted molar refractivity (Wildman–Crippen MR) is 97.7 cm³/mol. The molecule has 0 bridgehead atoms. The van der Waals surface area contributed by atoms with E-state index in [1.807, 2.05) is 13.8 Å². The Labute approximate surface area is 155 Å². The number of hydrazone groups is 1. The van der Waals surface area contributed by atoms with Gasteiger partial charge in [-0.25, -0.2) is 13.4 Å². The van der Waals surface area contributed by atoms with E-state index in [1.165, 1.54) is 11.3 Å². The number of carbonyl (C=O) groups is 2. The highest BCUT2D eigenvalue weighted by Gasteiger charge is 2.37. The molecule has 0 aliphatic carbocycles. The van der Waals surface area contributed by atoms with Crippen molar-refractivity contribution in [2.75, 3.05) is 16.8 Å². The molecular formula is C16H18N4O4S2. The van der Waals surface area contributed by atoms with Crippen LogP contribution in [0.4, 0.5) is 5.00 Å². The molecule has 0 spiro atoms. The molecule has 2 aliphatic heterocycles. The molecule has 2 aliphatic rings. The van der Waals surface area contributed by atoms with E-state index in [1.54, 1.807) is 0 Å². The summed E-state index contributed by atoms with van der Waals surface area (Å²) in [5.41, 5.74) is 1.42. The predicted octanol–water partition coefficient (Wildman–Crippen LogP) is 1.34. The summed E-state index contributed by atoms with van der Waals surface area (Å²) in [6.45, 7) is 3.69. The van der Waals surface area contributed by atoms with Crippen LogP contribution in [0.1, 0.15) is 35.3 Å². The Bertz CT molecular complexity index is 956. The van der Waals surface area contributed by atoms with Gasteiger partial charge in [0.15, 0.2) is 9.84 Å². The first-order chi connectivity index (χ1) is 12.2. The van der Waals surface area contributed by atoms with Gasteiger partial charge in [-0.3, -0.25) is 9.59 Å². The summed E-state index contributed by atoms with van der Waals surface area (Å²) in [5.74, 6) is -0.845. The van der Waals surface area contributed by atoms with E-state index in [4.69, 9.17) is 0 Å². The molecule has 8 nitrogen and oxygen atoms in total. The quantitative estimate of drug-likeness (QED) is 0.829. The van der Waals surface area contributed by atoms with Crippen LogP contribution in [0.5, 0.6) is 0 Å². The molecule has 138 valence electrons. The standard InChI is InChI=1S/C16H18N4O4S2/c1-9-10(2)25-16(12(9)7-17)18-15(22)13-3-4-14(21)20(19-13)11-5-6-26(23,24)8-11/h11H,3-6,8H2,1-2H3,(H,18,22)/t11-/m0/s1. The van der Waals surface area contributed by atoms with Crippen LogP contribution >= 0.6 is 11.3 Å². The first kappa shape index (κ1) is 18.5. The molecule has 1 atom stereocenters. The fourth-order valence-electron chi connectivity index (χ4n) is 3.01. The van der Waals surface area contributed by atoms with Crippen LogP contribution in [-0.2, 0) is 19.4 Å². The average molecular weight is 394 g/mol. The number of carbonyl (C=O) groups excluding carboxylic acids is 2. The lowest BCUT2D eigenvalue weighted by atomic mass is 10.1. The molecule has 1 N–H and O–H groups in total. The molecule has 1 aromatic heterocycles. The van der Waals surface area contributed by atoms with Crippen LogP contribution in [-0.4, -0.2) is 48.5 Å². The molecule has 2 amide bonds. The maximum atomic E-state index is 12.5. The van der Waals surface area contributed by atoms with Crippen LogP contribution in [0.25, 0.3) is 0 Å². The van der Waals surface area contributed by atoms with Gasteiger partial charge in [-0.1, -0.05) is 0 Å². The Morgan fingerprint density at radius 3 is 2.73 bits per heavy atom. The van der Waals surface area contributed by atoms with Gasteiger partial charge in [0, 0.05) is 17.7 Å². The molecule has 3 heterocycles. The molecular weight excluding hydrogens is 376 g/mol. The lowest BCUT2D eigenvalue weighted by Crippen LogP contribution is -2.42. The van der Waals surface area contributed by atoms with Crippen molar-refractivity contribution in [3.05, 3.63) is 16.0 Å². The van der Waals surface area contributed by atoms with E-state index >= 15 is 0 Å². The Balaban J connectivity index is 1.81. The number of amides is 2. The zero-order valence-electron chi connectivity index (χ0n) is 14.4. The van der Waals surface area contributed by atoms with Crippen LogP contribution in [0, 0.1) is 25.2 Å². The second-order valence-electron chi connectivity index (χ2n) is 6.40. The number of hydrogen-bond donors (Lipinski definition) is 1. The molecule has 1 fully saturated rings. The molecule has 1 saturated heterocycles. The van der Waals surface area contributed by atoms with Gasteiger partial charge in [0.2, 0.25) is 5.91 Å². The SMILES string of the molecule is Cc1sc(NC(=O)C2=NN([C@H]3CCS(=O)(=O)C3)C(=O)CC2)c(C#N)c1C. The molecule has 0 unspecified atom stereocenters. The first-order valence-electron chi connectivity index (χ1n) is 8.13. The van der Waals surface area contributed by atoms with Crippen LogP contribution < -0.4 is 5.32 Å². The smallest absolute Gasteiger partial charge is 0.272 e. The molecule has 26 heavy (non-hydrogen) atoms. The van der Waals surface area contributed by atoms with Gasteiger partial charge in [-0.2, -0.15) is 10.4 Å². The number of hydrogen-bond acceptors (Lipinski definition) is 7. The van der Waals surface area contributed by atoms with E-state index in [9.17, 15) is 23.3 Å². The Morgan fingerprint density at radius 2 is 2.12 bits per heavy atom. The fraction of sp³-hybridized carbons (Fsp3) is 0.500. The number of nitrogens with one attached hydrogen (secondary N) is 1. The van der Waals surface area contributed by atoms with Crippen molar-refractivity contribution in [1.29, 1.82) is 5.26 Å². The van der Waals surface area contributed by atoms with Gasteiger partial charge in [0.1, 0.15) is 16.8 Å². The van der Waals surface area contributed by atoms with Crippen molar-refractivity contribution in [3.63, 3.8) is 0 Å². The molecule has 10 heteroatoms. The van der Waals surface area contributed by atoms with Crippen molar-refractivity contribution in [2.24, 2.45) is 5.10 Å². The van der Waals surface area contributed by atoms with Gasteiger partial charge in [0.05, 0.1) is 23.1 Å². The summed E-state index contributed by atoms with van der Waals surface area (Å²) in [5, 5.41) is 17.7. The summed E-state index contributed by atoms with van der Waals surface area (Å²) < 4.78 is 23.3. The Hall–Kier alpha value is -2.25. The van der Waals surface area contributed by atoms with Crippen molar-refractivity contribution in [3.8, 4) is 6.07 Å². The first-order valence-corrected chi connectivity index (χ1v) is 10.8. The largest absolute Gasteiger partial charge is 0.311 e. The highest BCUT2D eigenvalue weighted by molar-refractivity contribution is 7.91. The highest BCUT2D eigenvalue weighted by Crippen LogP contribution is 2.32. The molecule has 0 radical (unpaired) electrons. The van der Waals surface area contributed by atoms with E-state index in [2.05, 4.69) is 16.5 Å². The van der Waals surface area contributed by atoms with Crippen molar-refractivity contribution < 1.29 is 18.0 Å². The molecule has 3 rings (SSSR count). The van der Waals surface area contributed by atoms with Crippen molar-refractivity contribution >= 4 is 43.7 Å². The Kier molecular flexibility index (Phi) is 4.86. The van der Waals surface area contributed by atoms with E-state index in [0.29, 0.717) is 17.0 Å². The zero-order valence-corrected chi connectivity index (χ0v) is 16.0. The molecule has 1 aromatic rings. The maximum absolute atomic E-state index is 12.5. The van der Waals surface area contributed by atoms with Gasteiger partial charge in [-0.15, -0.1) is 11.3 Å². The van der Waals surface area contributed by atoms with Gasteiger partial charge in [-0.05, 0) is 25.8 Å². The fourth-order valence-corrected chi connectivity index (χ4v) is 5.71. The summed E-state index contributed by atoms with van der Waals surface area (Å²) >= 11 is 1.31. The van der Waals surface area contributed by atoms with E-state index in [-0.39, 0.29) is 36.0 Å². The highest BCUT2D eigenvalue weighted by atomic mass is 32.2. The Morgan fingerprint density at radius 1 is 1.38 bits per heavy atom. The number of thiophene rings is 1. The van der Waals surface area contributed by atoms with E-state index < -0.39 is 21.8 Å². The van der Waals surface area contributed by atoms with Crippen molar-refractivity contribution in [2.45, 2.75) is 39.2 Å². The third kappa shape index (κ3) is 3.50. The number of nitrogens with zero attached hydrogens (tertiary/aromatic N) is 3. The summed E-state index contributed by atoms with van der Waals surface area (Å²) in [4.78, 5) is 25.6. The summed E-state index contributed by atoms with van der Waals surface area (Å²) in [7, 11) is -3.16. The minimum Gasteiger partial charge on any atom is -0.311 e. The average Bonchev–Trinajstić information content (AvgIpc) is 3.07. The summed E-state index contributed by atoms with van der Waals surface area (Å²) in [6.07, 6.45) is 0.622. The van der Waals surface area contributed by atoms with E-state index in [0.717, 1.165) is 15.4 Å². The van der Waals surface area contributed by atoms with Gasteiger partial charge < -0.3 is 5.32 Å². The number of aryl methyl sites for hydroxylation is 1. The summed E-state index contributed by atoms with van der Waals surface area (Å²) in [6, 6.07) is 1.57. The lowest BCUT2D eigenvalue weighted by molar-refractivity contribution is -0.133. The third-order valence-corrected chi connectivity index (χ3v) is 7.47.